The van der Waals surface area contributed by atoms with E-state index in [1.807, 2.05) is 12.1 Å². The standard InChI is InChI=1S/C29H32N4O2/c1-21(34)30-27-11-5-9-25-24(8-4-10-26(25)27)22-7-6-14-33(20-22)23-12-13-29(35-3)28(19-23)32-17-15-31(2)16-18-32/h4-14,19H,15-18,20H2,1-3H3,(H,30,34). The number of benzene rings is 3. The van der Waals surface area contributed by atoms with Gasteiger partial charge in [-0.25, -0.2) is 0 Å². The molecule has 2 aliphatic rings. The van der Waals surface area contributed by atoms with Gasteiger partial charge >= 0.3 is 0 Å². The molecule has 1 fully saturated rings. The molecular weight excluding hydrogens is 436 g/mol. The fourth-order valence-corrected chi connectivity index (χ4v) is 4.94. The summed E-state index contributed by atoms with van der Waals surface area (Å²) >= 11 is 0. The molecule has 0 aromatic heterocycles. The van der Waals surface area contributed by atoms with Gasteiger partial charge in [-0.3, -0.25) is 4.79 Å². The van der Waals surface area contributed by atoms with Gasteiger partial charge in [0.1, 0.15) is 5.75 Å². The number of ether oxygens (including phenoxy) is 1. The second kappa shape index (κ2) is 9.84. The summed E-state index contributed by atoms with van der Waals surface area (Å²) in [6, 6.07) is 18.8. The lowest BCUT2D eigenvalue weighted by Gasteiger charge is -2.35. The van der Waals surface area contributed by atoms with Gasteiger partial charge in [-0.05, 0) is 53.9 Å². The van der Waals surface area contributed by atoms with E-state index in [0.717, 1.165) is 66.3 Å². The normalized spacial score (nSPS) is 16.4. The molecule has 5 rings (SSSR count). The van der Waals surface area contributed by atoms with Crippen molar-refractivity contribution >= 4 is 39.3 Å². The Bertz CT molecular complexity index is 1310. The van der Waals surface area contributed by atoms with Crippen LogP contribution in [0.2, 0.25) is 0 Å². The SMILES string of the molecule is COc1ccc(N2C=CC=C(c3cccc4c(NC(C)=O)cccc34)C2)cc1N1CCN(C)CC1. The number of likely N-dealkylation sites (N-methyl/N-ethyl adjacent to an activating group) is 1. The first-order chi connectivity index (χ1) is 17.0. The minimum Gasteiger partial charge on any atom is -0.495 e. The van der Waals surface area contributed by atoms with Gasteiger partial charge in [-0.1, -0.05) is 36.4 Å². The van der Waals surface area contributed by atoms with Crippen LogP contribution in [0.4, 0.5) is 17.1 Å². The second-order valence-corrected chi connectivity index (χ2v) is 9.20. The van der Waals surface area contributed by atoms with Gasteiger partial charge in [-0.2, -0.15) is 0 Å². The van der Waals surface area contributed by atoms with E-state index < -0.39 is 0 Å². The van der Waals surface area contributed by atoms with Crippen LogP contribution in [0.3, 0.4) is 0 Å². The van der Waals surface area contributed by atoms with Crippen LogP contribution in [0.1, 0.15) is 12.5 Å². The first kappa shape index (κ1) is 23.0. The fourth-order valence-electron chi connectivity index (χ4n) is 4.94. The number of fused-ring (bicyclic) bond motifs is 1. The molecule has 0 bridgehead atoms. The lowest BCUT2D eigenvalue weighted by Crippen LogP contribution is -2.44. The van der Waals surface area contributed by atoms with Crippen LogP contribution < -0.4 is 19.9 Å². The van der Waals surface area contributed by atoms with Crippen molar-refractivity contribution < 1.29 is 9.53 Å². The Morgan fingerprint density at radius 3 is 2.51 bits per heavy atom. The number of methoxy groups -OCH3 is 1. The molecule has 3 aromatic rings. The molecular formula is C29H32N4O2. The molecule has 0 aliphatic carbocycles. The van der Waals surface area contributed by atoms with E-state index >= 15 is 0 Å². The van der Waals surface area contributed by atoms with Crippen molar-refractivity contribution in [1.82, 2.24) is 4.90 Å². The minimum absolute atomic E-state index is 0.0652. The summed E-state index contributed by atoms with van der Waals surface area (Å²) in [6.07, 6.45) is 6.42. The van der Waals surface area contributed by atoms with Crippen molar-refractivity contribution in [3.63, 3.8) is 0 Å². The molecule has 0 spiro atoms. The highest BCUT2D eigenvalue weighted by molar-refractivity contribution is 6.05. The third-order valence-corrected chi connectivity index (χ3v) is 6.82. The van der Waals surface area contributed by atoms with Crippen LogP contribution in [0.15, 0.2) is 72.9 Å². The molecule has 0 unspecified atom stereocenters. The largest absolute Gasteiger partial charge is 0.495 e. The number of rotatable bonds is 5. The molecule has 1 saturated heterocycles. The zero-order chi connectivity index (χ0) is 24.4. The summed E-state index contributed by atoms with van der Waals surface area (Å²) < 4.78 is 5.71. The van der Waals surface area contributed by atoms with E-state index in [1.54, 1.807) is 14.0 Å². The molecule has 0 radical (unpaired) electrons. The fraction of sp³-hybridized carbons (Fsp3) is 0.276. The number of nitrogens with zero attached hydrogens (tertiary/aromatic N) is 3. The molecule has 6 heteroatoms. The maximum atomic E-state index is 11.7. The quantitative estimate of drug-likeness (QED) is 0.573. The highest BCUT2D eigenvalue weighted by atomic mass is 16.5. The predicted octanol–water partition coefficient (Wildman–Crippen LogP) is 4.98. The van der Waals surface area contributed by atoms with E-state index in [2.05, 4.69) is 87.9 Å². The molecule has 0 saturated carbocycles. The summed E-state index contributed by atoms with van der Waals surface area (Å²) in [5.41, 5.74) is 5.54. The highest BCUT2D eigenvalue weighted by Gasteiger charge is 2.20. The van der Waals surface area contributed by atoms with E-state index in [9.17, 15) is 4.79 Å². The van der Waals surface area contributed by atoms with E-state index in [-0.39, 0.29) is 5.91 Å². The summed E-state index contributed by atoms with van der Waals surface area (Å²) in [5, 5.41) is 5.14. The van der Waals surface area contributed by atoms with Gasteiger partial charge in [0.05, 0.1) is 12.8 Å². The van der Waals surface area contributed by atoms with Crippen LogP contribution in [0, 0.1) is 0 Å². The number of piperazine rings is 1. The Labute approximate surface area is 207 Å². The third kappa shape index (κ3) is 4.75. The minimum atomic E-state index is -0.0652. The monoisotopic (exact) mass is 468 g/mol. The van der Waals surface area contributed by atoms with Gasteiger partial charge in [0.2, 0.25) is 5.91 Å². The summed E-state index contributed by atoms with van der Waals surface area (Å²) in [5.74, 6) is 0.846. The van der Waals surface area contributed by atoms with Crippen molar-refractivity contribution in [3.05, 3.63) is 78.5 Å². The number of carbonyl (C=O) groups excluding carboxylic acids is 1. The maximum Gasteiger partial charge on any atom is 0.221 e. The van der Waals surface area contributed by atoms with Crippen molar-refractivity contribution in [1.29, 1.82) is 0 Å². The first-order valence-corrected chi connectivity index (χ1v) is 12.1. The average Bonchev–Trinajstić information content (AvgIpc) is 2.88. The molecule has 6 nitrogen and oxygen atoms in total. The Balaban J connectivity index is 1.45. The number of anilines is 3. The topological polar surface area (TPSA) is 48.1 Å². The van der Waals surface area contributed by atoms with E-state index in [1.165, 1.54) is 11.1 Å². The average molecular weight is 469 g/mol. The molecule has 3 aromatic carbocycles. The van der Waals surface area contributed by atoms with Crippen LogP contribution in [-0.2, 0) is 4.79 Å². The van der Waals surface area contributed by atoms with Crippen molar-refractivity contribution in [3.8, 4) is 5.75 Å². The molecule has 0 atom stereocenters. The summed E-state index contributed by atoms with van der Waals surface area (Å²) in [4.78, 5) is 18.8. The Hall–Kier alpha value is -3.77. The zero-order valence-corrected chi connectivity index (χ0v) is 20.6. The number of hydrogen-bond donors (Lipinski definition) is 1. The lowest BCUT2D eigenvalue weighted by molar-refractivity contribution is -0.114. The molecule has 2 aliphatic heterocycles. The lowest BCUT2D eigenvalue weighted by atomic mass is 9.95. The van der Waals surface area contributed by atoms with Crippen LogP contribution in [0.25, 0.3) is 16.3 Å². The first-order valence-electron chi connectivity index (χ1n) is 12.1. The van der Waals surface area contributed by atoms with Gasteiger partial charge in [0.25, 0.3) is 0 Å². The number of allylic oxidation sites excluding steroid dienone is 2. The molecule has 1 N–H and O–H groups in total. The number of hydrogen-bond acceptors (Lipinski definition) is 5. The van der Waals surface area contributed by atoms with Crippen molar-refractivity contribution in [2.24, 2.45) is 0 Å². The van der Waals surface area contributed by atoms with Crippen LogP contribution >= 0.6 is 0 Å². The Morgan fingerprint density at radius 1 is 0.971 bits per heavy atom. The van der Waals surface area contributed by atoms with Crippen LogP contribution in [-0.4, -0.2) is 57.7 Å². The molecule has 35 heavy (non-hydrogen) atoms. The number of carbonyl (C=O) groups is 1. The Kier molecular flexibility index (Phi) is 6.47. The van der Waals surface area contributed by atoms with Crippen molar-refractivity contribution in [2.75, 3.05) is 62.0 Å². The summed E-state index contributed by atoms with van der Waals surface area (Å²) in [7, 11) is 3.91. The van der Waals surface area contributed by atoms with Crippen molar-refractivity contribution in [2.45, 2.75) is 6.92 Å². The highest BCUT2D eigenvalue weighted by Crippen LogP contribution is 2.36. The number of amides is 1. The molecule has 1 amide bonds. The Morgan fingerprint density at radius 2 is 1.74 bits per heavy atom. The van der Waals surface area contributed by atoms with E-state index in [4.69, 9.17) is 4.74 Å². The maximum absolute atomic E-state index is 11.7. The van der Waals surface area contributed by atoms with Gasteiger partial charge < -0.3 is 24.8 Å². The number of nitrogens with one attached hydrogen (secondary N) is 1. The van der Waals surface area contributed by atoms with Crippen LogP contribution in [0.5, 0.6) is 5.75 Å². The second-order valence-electron chi connectivity index (χ2n) is 9.20. The van der Waals surface area contributed by atoms with Gasteiger partial charge in [0.15, 0.2) is 0 Å². The molecule has 2 heterocycles. The molecule has 180 valence electrons. The van der Waals surface area contributed by atoms with E-state index in [0.29, 0.717) is 0 Å². The van der Waals surface area contributed by atoms with Gasteiger partial charge in [-0.15, -0.1) is 0 Å². The smallest absolute Gasteiger partial charge is 0.221 e. The predicted molar refractivity (Wildman–Crippen MR) is 145 cm³/mol. The van der Waals surface area contributed by atoms with Gasteiger partial charge in [0, 0.05) is 62.6 Å². The summed E-state index contributed by atoms with van der Waals surface area (Å²) in [6.45, 7) is 6.37. The third-order valence-electron chi connectivity index (χ3n) is 6.82. The zero-order valence-electron chi connectivity index (χ0n) is 20.6.